The minimum absolute atomic E-state index is 0.128. The van der Waals surface area contributed by atoms with Crippen molar-refractivity contribution >= 4 is 27.5 Å². The number of aromatic nitrogens is 2. The Morgan fingerprint density at radius 2 is 2.12 bits per heavy atom. The largest absolute Gasteiger partial charge is 0.481 e. The van der Waals surface area contributed by atoms with E-state index >= 15 is 0 Å². The van der Waals surface area contributed by atoms with Crippen LogP contribution < -0.4 is 5.56 Å². The number of aliphatic carboxylic acids is 1. The zero-order chi connectivity index (χ0) is 17.7. The predicted octanol–water partition coefficient (Wildman–Crippen LogP) is 3.24. The van der Waals surface area contributed by atoms with Crippen molar-refractivity contribution in [2.24, 2.45) is 0 Å². The fourth-order valence-electron chi connectivity index (χ4n) is 3.62. The van der Waals surface area contributed by atoms with Gasteiger partial charge >= 0.3 is 5.97 Å². The monoisotopic (exact) mass is 354 g/mol. The normalized spacial score (nSPS) is 16.3. The molecule has 0 bridgehead atoms. The molecule has 4 rings (SSSR count). The van der Waals surface area contributed by atoms with Crippen molar-refractivity contribution in [2.75, 3.05) is 0 Å². The van der Waals surface area contributed by atoms with Gasteiger partial charge in [-0.1, -0.05) is 24.3 Å². The van der Waals surface area contributed by atoms with Crippen LogP contribution in [0.3, 0.4) is 0 Å². The van der Waals surface area contributed by atoms with E-state index in [4.69, 9.17) is 0 Å². The zero-order valence-electron chi connectivity index (χ0n) is 14.1. The summed E-state index contributed by atoms with van der Waals surface area (Å²) in [5, 5.41) is 10.0. The maximum atomic E-state index is 13.2. The molecule has 1 N–H and O–H groups in total. The summed E-state index contributed by atoms with van der Waals surface area (Å²) in [7, 11) is 0. The van der Waals surface area contributed by atoms with E-state index in [0.29, 0.717) is 41.0 Å². The van der Waals surface area contributed by atoms with Gasteiger partial charge in [-0.05, 0) is 43.4 Å². The zero-order valence-corrected chi connectivity index (χ0v) is 14.9. The third-order valence-electron chi connectivity index (χ3n) is 5.01. The Morgan fingerprint density at radius 3 is 2.84 bits per heavy atom. The van der Waals surface area contributed by atoms with Gasteiger partial charge in [-0.15, -0.1) is 11.3 Å². The van der Waals surface area contributed by atoms with Crippen LogP contribution in [0, 0.1) is 13.8 Å². The Kier molecular flexibility index (Phi) is 3.72. The maximum absolute atomic E-state index is 13.2. The second-order valence-corrected chi connectivity index (χ2v) is 7.61. The third kappa shape index (κ3) is 2.48. The average Bonchev–Trinajstić information content (AvgIpc) is 3.11. The number of carboxylic acid groups (broad SMARTS) is 1. The molecule has 1 aliphatic rings. The summed E-state index contributed by atoms with van der Waals surface area (Å²) < 4.78 is 1.66. The summed E-state index contributed by atoms with van der Waals surface area (Å²) in [6.45, 7) is 4.30. The summed E-state index contributed by atoms with van der Waals surface area (Å²) in [6.07, 6.45) is 1.28. The number of hydrogen-bond donors (Lipinski definition) is 1. The van der Waals surface area contributed by atoms with Gasteiger partial charge < -0.3 is 5.11 Å². The average molecular weight is 354 g/mol. The second-order valence-electron chi connectivity index (χ2n) is 6.53. The maximum Gasteiger partial charge on any atom is 0.311 e. The topological polar surface area (TPSA) is 72.2 Å². The highest BCUT2D eigenvalue weighted by Gasteiger charge is 2.34. The summed E-state index contributed by atoms with van der Waals surface area (Å²) in [4.78, 5) is 31.0. The fraction of sp³-hybridized carbons (Fsp3) is 0.316. The summed E-state index contributed by atoms with van der Waals surface area (Å²) in [6, 6.07) is 7.95. The first-order valence-corrected chi connectivity index (χ1v) is 9.09. The SMILES string of the molecule is Cc1ccccc1Cn1c(C)nc2sc3c(c2c1=O)C(C(=O)O)CC3. The van der Waals surface area contributed by atoms with Gasteiger partial charge in [-0.25, -0.2) is 4.98 Å². The number of nitrogens with zero attached hydrogens (tertiary/aromatic N) is 2. The number of hydrogen-bond acceptors (Lipinski definition) is 4. The van der Waals surface area contributed by atoms with Gasteiger partial charge in [0.1, 0.15) is 10.7 Å². The molecule has 0 fully saturated rings. The number of aryl methyl sites for hydroxylation is 3. The molecule has 3 aromatic rings. The summed E-state index contributed by atoms with van der Waals surface area (Å²) >= 11 is 1.47. The molecule has 2 heterocycles. The van der Waals surface area contributed by atoms with Crippen LogP contribution in [0.4, 0.5) is 0 Å². The van der Waals surface area contributed by atoms with Gasteiger partial charge in [0.15, 0.2) is 0 Å². The van der Waals surface area contributed by atoms with E-state index in [-0.39, 0.29) is 5.56 Å². The molecular weight excluding hydrogens is 336 g/mol. The Bertz CT molecular complexity index is 1060. The standard InChI is InChI=1S/C19H18N2O3S/c1-10-5-3-4-6-12(10)9-21-11(2)20-17-16(18(21)22)15-13(19(23)24)7-8-14(15)25-17/h3-6,13H,7-9H2,1-2H3,(H,23,24). The minimum atomic E-state index is -0.858. The van der Waals surface area contributed by atoms with Crippen molar-refractivity contribution in [3.05, 3.63) is 62.0 Å². The second kappa shape index (κ2) is 5.81. The van der Waals surface area contributed by atoms with Gasteiger partial charge in [-0.3, -0.25) is 14.2 Å². The Labute approximate surface area is 148 Å². The lowest BCUT2D eigenvalue weighted by Gasteiger charge is -2.12. The fourth-order valence-corrected chi connectivity index (χ4v) is 4.90. The smallest absolute Gasteiger partial charge is 0.311 e. The number of thiophene rings is 1. The lowest BCUT2D eigenvalue weighted by molar-refractivity contribution is -0.138. The highest BCUT2D eigenvalue weighted by molar-refractivity contribution is 7.18. The van der Waals surface area contributed by atoms with Crippen LogP contribution in [-0.2, 0) is 17.8 Å². The molecule has 1 aromatic carbocycles. The molecule has 128 valence electrons. The highest BCUT2D eigenvalue weighted by atomic mass is 32.1. The van der Waals surface area contributed by atoms with Crippen molar-refractivity contribution in [3.8, 4) is 0 Å². The molecule has 5 nitrogen and oxygen atoms in total. The van der Waals surface area contributed by atoms with Crippen molar-refractivity contribution in [1.29, 1.82) is 0 Å². The first-order chi connectivity index (χ1) is 12.0. The van der Waals surface area contributed by atoms with Crippen molar-refractivity contribution in [3.63, 3.8) is 0 Å². The Balaban J connectivity index is 1.92. The van der Waals surface area contributed by atoms with Gasteiger partial charge in [0.25, 0.3) is 5.56 Å². The molecule has 0 radical (unpaired) electrons. The van der Waals surface area contributed by atoms with Gasteiger partial charge in [0.2, 0.25) is 0 Å². The molecule has 2 aromatic heterocycles. The number of benzene rings is 1. The molecule has 0 saturated carbocycles. The molecular formula is C19H18N2O3S. The van der Waals surface area contributed by atoms with Crippen LogP contribution in [0.5, 0.6) is 0 Å². The number of fused-ring (bicyclic) bond motifs is 3. The van der Waals surface area contributed by atoms with Gasteiger partial charge in [0.05, 0.1) is 17.8 Å². The van der Waals surface area contributed by atoms with Crippen molar-refractivity contribution in [1.82, 2.24) is 9.55 Å². The molecule has 1 aliphatic carbocycles. The van der Waals surface area contributed by atoms with E-state index in [1.165, 1.54) is 11.3 Å². The quantitative estimate of drug-likeness (QED) is 0.784. The third-order valence-corrected chi connectivity index (χ3v) is 6.17. The summed E-state index contributed by atoms with van der Waals surface area (Å²) in [5.74, 6) is -0.788. The molecule has 6 heteroatoms. The Hall–Kier alpha value is -2.47. The lowest BCUT2D eigenvalue weighted by Crippen LogP contribution is -2.25. The highest BCUT2D eigenvalue weighted by Crippen LogP contribution is 2.42. The minimum Gasteiger partial charge on any atom is -0.481 e. The van der Waals surface area contributed by atoms with E-state index in [2.05, 4.69) is 4.98 Å². The number of rotatable bonds is 3. The van der Waals surface area contributed by atoms with E-state index in [9.17, 15) is 14.7 Å². The van der Waals surface area contributed by atoms with Gasteiger partial charge in [-0.2, -0.15) is 0 Å². The van der Waals surface area contributed by atoms with Crippen molar-refractivity contribution < 1.29 is 9.90 Å². The lowest BCUT2D eigenvalue weighted by atomic mass is 10.0. The predicted molar refractivity (Wildman–Crippen MR) is 97.6 cm³/mol. The summed E-state index contributed by atoms with van der Waals surface area (Å²) in [5.41, 5.74) is 2.75. The molecule has 1 atom stereocenters. The molecule has 25 heavy (non-hydrogen) atoms. The number of carboxylic acids is 1. The molecule has 0 saturated heterocycles. The van der Waals surface area contributed by atoms with Crippen LogP contribution in [-0.4, -0.2) is 20.6 Å². The van der Waals surface area contributed by atoms with Crippen LogP contribution in [0.2, 0.25) is 0 Å². The molecule has 0 aliphatic heterocycles. The van der Waals surface area contributed by atoms with Crippen LogP contribution >= 0.6 is 11.3 Å². The first kappa shape index (κ1) is 16.0. The van der Waals surface area contributed by atoms with E-state index in [1.807, 2.05) is 38.1 Å². The van der Waals surface area contributed by atoms with E-state index < -0.39 is 11.9 Å². The van der Waals surface area contributed by atoms with Gasteiger partial charge in [0, 0.05) is 4.88 Å². The Morgan fingerprint density at radius 1 is 1.36 bits per heavy atom. The van der Waals surface area contributed by atoms with Crippen LogP contribution in [0.1, 0.15) is 39.7 Å². The molecule has 0 spiro atoms. The number of carbonyl (C=O) groups is 1. The van der Waals surface area contributed by atoms with E-state index in [1.54, 1.807) is 4.57 Å². The molecule has 1 unspecified atom stereocenters. The van der Waals surface area contributed by atoms with Crippen LogP contribution in [0.25, 0.3) is 10.2 Å². The molecule has 0 amide bonds. The van der Waals surface area contributed by atoms with E-state index in [0.717, 1.165) is 16.0 Å². The van der Waals surface area contributed by atoms with Crippen LogP contribution in [0.15, 0.2) is 29.1 Å². The van der Waals surface area contributed by atoms with Crippen molar-refractivity contribution in [2.45, 2.75) is 39.2 Å². The first-order valence-electron chi connectivity index (χ1n) is 8.27.